The van der Waals surface area contributed by atoms with E-state index in [-0.39, 0.29) is 5.41 Å². The minimum absolute atomic E-state index is 0.234. The van der Waals surface area contributed by atoms with Crippen molar-refractivity contribution in [1.29, 1.82) is 0 Å². The number of allylic oxidation sites excluding steroid dienone is 8. The molecule has 0 saturated heterocycles. The van der Waals surface area contributed by atoms with Gasteiger partial charge in [0.05, 0.1) is 0 Å². The molecule has 0 heterocycles. The van der Waals surface area contributed by atoms with E-state index in [4.69, 9.17) is 0 Å². The predicted molar refractivity (Wildman–Crippen MR) is 84.3 cm³/mol. The van der Waals surface area contributed by atoms with Gasteiger partial charge in [-0.15, -0.1) is 0 Å². The van der Waals surface area contributed by atoms with Crippen LogP contribution in [0.3, 0.4) is 0 Å². The summed E-state index contributed by atoms with van der Waals surface area (Å²) in [7, 11) is 0. The summed E-state index contributed by atoms with van der Waals surface area (Å²) in [6.07, 6.45) is 20.8. The van der Waals surface area contributed by atoms with E-state index in [1.54, 1.807) is 11.1 Å². The van der Waals surface area contributed by atoms with Crippen LogP contribution in [-0.4, -0.2) is 11.7 Å². The molecular formula is C19H26O. The van der Waals surface area contributed by atoms with E-state index in [0.717, 1.165) is 25.2 Å². The molecule has 108 valence electrons. The van der Waals surface area contributed by atoms with E-state index in [0.29, 0.717) is 12.5 Å². The molecule has 0 amide bonds. The Bertz CT molecular complexity index is 480. The molecule has 0 aliphatic heterocycles. The lowest BCUT2D eigenvalue weighted by atomic mass is 9.65. The first-order valence-corrected chi connectivity index (χ1v) is 8.09. The Labute approximate surface area is 122 Å². The third-order valence-electron chi connectivity index (χ3n) is 5.65. The van der Waals surface area contributed by atoms with Gasteiger partial charge < -0.3 is 5.11 Å². The zero-order valence-corrected chi connectivity index (χ0v) is 12.5. The first kappa shape index (κ1) is 13.9. The van der Waals surface area contributed by atoms with Crippen LogP contribution in [0.4, 0.5) is 0 Å². The van der Waals surface area contributed by atoms with E-state index >= 15 is 0 Å². The van der Waals surface area contributed by atoms with E-state index in [9.17, 15) is 5.11 Å². The summed E-state index contributed by atoms with van der Waals surface area (Å²) in [4.78, 5) is 0. The van der Waals surface area contributed by atoms with Crippen molar-refractivity contribution in [1.82, 2.24) is 0 Å². The zero-order chi connectivity index (χ0) is 14.0. The summed E-state index contributed by atoms with van der Waals surface area (Å²) in [5, 5.41) is 9.29. The first-order valence-electron chi connectivity index (χ1n) is 8.09. The van der Waals surface area contributed by atoms with E-state index in [1.165, 1.54) is 19.3 Å². The lowest BCUT2D eigenvalue weighted by Gasteiger charge is -2.39. The average molecular weight is 270 g/mol. The standard InChI is InChI=1S/C19H26O/c1-19(13-6-14-20,16-8-3-4-9-16)18-12-11-15-7-2-5-10-17(15)18/h2-5,8,10,15,18,20H,6-7,9,11-14H2,1H3. The fraction of sp³-hybridized carbons (Fsp3) is 0.579. The van der Waals surface area contributed by atoms with Gasteiger partial charge in [-0.05, 0) is 55.8 Å². The second-order valence-electron chi connectivity index (χ2n) is 6.73. The molecule has 0 aromatic carbocycles. The van der Waals surface area contributed by atoms with Crippen LogP contribution in [0.2, 0.25) is 0 Å². The lowest BCUT2D eigenvalue weighted by Crippen LogP contribution is -2.30. The maximum Gasteiger partial charge on any atom is 0.0431 e. The molecule has 0 spiro atoms. The first-order chi connectivity index (χ1) is 9.75. The average Bonchev–Trinajstić information content (AvgIpc) is 3.14. The van der Waals surface area contributed by atoms with Crippen molar-refractivity contribution >= 4 is 0 Å². The summed E-state index contributed by atoms with van der Waals surface area (Å²) >= 11 is 0. The molecule has 20 heavy (non-hydrogen) atoms. The van der Waals surface area contributed by atoms with Crippen LogP contribution >= 0.6 is 0 Å². The summed E-state index contributed by atoms with van der Waals surface area (Å²) in [6, 6.07) is 0. The third-order valence-corrected chi connectivity index (χ3v) is 5.65. The largest absolute Gasteiger partial charge is 0.396 e. The normalized spacial score (nSPS) is 30.9. The molecule has 3 unspecified atom stereocenters. The molecule has 3 atom stereocenters. The minimum Gasteiger partial charge on any atom is -0.396 e. The molecule has 0 aromatic rings. The fourth-order valence-electron chi connectivity index (χ4n) is 4.48. The number of rotatable bonds is 5. The summed E-state index contributed by atoms with van der Waals surface area (Å²) in [6.45, 7) is 2.75. The molecule has 1 N–H and O–H groups in total. The van der Waals surface area contributed by atoms with Crippen molar-refractivity contribution < 1.29 is 5.11 Å². The highest BCUT2D eigenvalue weighted by atomic mass is 16.2. The highest BCUT2D eigenvalue weighted by Crippen LogP contribution is 2.54. The molecule has 1 heteroatoms. The highest BCUT2D eigenvalue weighted by molar-refractivity contribution is 5.36. The molecule has 3 rings (SSSR count). The Hall–Kier alpha value is -1.08. The summed E-state index contributed by atoms with van der Waals surface area (Å²) in [5.74, 6) is 1.46. The van der Waals surface area contributed by atoms with Gasteiger partial charge in [-0.3, -0.25) is 0 Å². The molecule has 1 fully saturated rings. The van der Waals surface area contributed by atoms with E-state index in [2.05, 4.69) is 43.4 Å². The van der Waals surface area contributed by atoms with Gasteiger partial charge in [0.15, 0.2) is 0 Å². The molecule has 1 nitrogen and oxygen atoms in total. The Morgan fingerprint density at radius 2 is 2.05 bits per heavy atom. The maximum atomic E-state index is 9.29. The lowest BCUT2D eigenvalue weighted by molar-refractivity contribution is 0.208. The van der Waals surface area contributed by atoms with Crippen molar-refractivity contribution in [2.75, 3.05) is 6.61 Å². The topological polar surface area (TPSA) is 20.2 Å². The SMILES string of the molecule is CC(CCCO)(C1=CC=CC1)C1CCC2CC=CC=C21. The minimum atomic E-state index is 0.234. The Kier molecular flexibility index (Phi) is 3.98. The van der Waals surface area contributed by atoms with Crippen LogP contribution in [0.5, 0.6) is 0 Å². The number of fused-ring (bicyclic) bond motifs is 1. The molecule has 0 bridgehead atoms. The van der Waals surface area contributed by atoms with Crippen molar-refractivity contribution in [3.63, 3.8) is 0 Å². The molecular weight excluding hydrogens is 244 g/mol. The van der Waals surface area contributed by atoms with Gasteiger partial charge in [0.25, 0.3) is 0 Å². The highest BCUT2D eigenvalue weighted by Gasteiger charge is 2.44. The van der Waals surface area contributed by atoms with Crippen molar-refractivity contribution in [3.05, 3.63) is 47.6 Å². The second-order valence-corrected chi connectivity index (χ2v) is 6.73. The van der Waals surface area contributed by atoms with Crippen LogP contribution in [0.15, 0.2) is 47.6 Å². The third kappa shape index (κ3) is 2.33. The van der Waals surface area contributed by atoms with Gasteiger partial charge in [0.2, 0.25) is 0 Å². The predicted octanol–water partition coefficient (Wildman–Crippen LogP) is 4.56. The van der Waals surface area contributed by atoms with Crippen LogP contribution in [0.25, 0.3) is 0 Å². The van der Waals surface area contributed by atoms with Gasteiger partial charge in [-0.2, -0.15) is 0 Å². The molecule has 0 radical (unpaired) electrons. The molecule has 3 aliphatic carbocycles. The molecule has 0 aromatic heterocycles. The van der Waals surface area contributed by atoms with Crippen LogP contribution in [0, 0.1) is 17.3 Å². The number of aliphatic hydroxyl groups excluding tert-OH is 1. The Morgan fingerprint density at radius 3 is 2.80 bits per heavy atom. The molecule has 1 saturated carbocycles. The van der Waals surface area contributed by atoms with Crippen molar-refractivity contribution in [2.24, 2.45) is 17.3 Å². The van der Waals surface area contributed by atoms with E-state index in [1.807, 2.05) is 0 Å². The van der Waals surface area contributed by atoms with Crippen molar-refractivity contribution in [3.8, 4) is 0 Å². The van der Waals surface area contributed by atoms with Gasteiger partial charge in [-0.25, -0.2) is 0 Å². The van der Waals surface area contributed by atoms with Crippen LogP contribution in [-0.2, 0) is 0 Å². The van der Waals surface area contributed by atoms with E-state index < -0.39 is 0 Å². The van der Waals surface area contributed by atoms with Gasteiger partial charge in [-0.1, -0.05) is 54.5 Å². The Morgan fingerprint density at radius 1 is 1.20 bits per heavy atom. The van der Waals surface area contributed by atoms with Gasteiger partial charge in [0, 0.05) is 6.61 Å². The van der Waals surface area contributed by atoms with Crippen LogP contribution in [0.1, 0.15) is 45.4 Å². The van der Waals surface area contributed by atoms with Gasteiger partial charge >= 0.3 is 0 Å². The maximum absolute atomic E-state index is 9.29. The smallest absolute Gasteiger partial charge is 0.0431 e. The van der Waals surface area contributed by atoms with Gasteiger partial charge in [0.1, 0.15) is 0 Å². The van der Waals surface area contributed by atoms with Crippen molar-refractivity contribution in [2.45, 2.75) is 45.4 Å². The number of hydrogen-bond acceptors (Lipinski definition) is 1. The number of aliphatic hydroxyl groups is 1. The molecule has 3 aliphatic rings. The summed E-state index contributed by atoms with van der Waals surface area (Å²) < 4.78 is 0. The fourth-order valence-corrected chi connectivity index (χ4v) is 4.48. The van der Waals surface area contributed by atoms with Crippen LogP contribution < -0.4 is 0 Å². The second kappa shape index (κ2) is 5.73. The zero-order valence-electron chi connectivity index (χ0n) is 12.5. The monoisotopic (exact) mass is 270 g/mol. The number of hydrogen-bond donors (Lipinski definition) is 1. The Balaban J connectivity index is 1.89. The summed E-state index contributed by atoms with van der Waals surface area (Å²) in [5.41, 5.74) is 3.49. The quantitative estimate of drug-likeness (QED) is 0.776.